The Morgan fingerprint density at radius 3 is 2.72 bits per heavy atom. The Kier molecular flexibility index (Phi) is 5.03. The van der Waals surface area contributed by atoms with E-state index in [0.717, 1.165) is 6.07 Å². The Morgan fingerprint density at radius 1 is 1.50 bits per heavy atom. The molecule has 0 heterocycles. The first kappa shape index (κ1) is 14.8. The van der Waals surface area contributed by atoms with Gasteiger partial charge in [-0.2, -0.15) is 0 Å². The number of nitro groups is 1. The molecule has 0 spiro atoms. The largest absolute Gasteiger partial charge is 0.383 e. The van der Waals surface area contributed by atoms with Crippen LogP contribution in [-0.4, -0.2) is 33.6 Å². The molecule has 0 saturated heterocycles. The molecular weight excluding hydrogens is 284 g/mol. The van der Waals surface area contributed by atoms with Crippen molar-refractivity contribution in [1.82, 2.24) is 4.72 Å². The fraction of sp³-hybridized carbons (Fsp3) is 0.333. The van der Waals surface area contributed by atoms with Crippen LogP contribution in [0.25, 0.3) is 0 Å². The minimum Gasteiger partial charge on any atom is -0.383 e. The number of hydrogen-bond acceptors (Lipinski definition) is 5. The van der Waals surface area contributed by atoms with E-state index in [1.807, 2.05) is 0 Å². The first-order valence-electron chi connectivity index (χ1n) is 4.81. The normalized spacial score (nSPS) is 11.4. The van der Waals surface area contributed by atoms with Crippen molar-refractivity contribution in [3.8, 4) is 0 Å². The molecule has 0 saturated carbocycles. The molecule has 18 heavy (non-hydrogen) atoms. The Hall–Kier alpha value is -1.22. The maximum absolute atomic E-state index is 11.8. The second-order valence-corrected chi connectivity index (χ2v) is 5.44. The van der Waals surface area contributed by atoms with Crippen molar-refractivity contribution in [1.29, 1.82) is 0 Å². The van der Waals surface area contributed by atoms with Gasteiger partial charge in [0.1, 0.15) is 5.02 Å². The first-order valence-corrected chi connectivity index (χ1v) is 6.67. The molecular formula is C9H11ClN2O5S. The molecule has 7 nitrogen and oxygen atoms in total. The maximum Gasteiger partial charge on any atom is 0.289 e. The molecule has 0 radical (unpaired) electrons. The fourth-order valence-electron chi connectivity index (χ4n) is 1.16. The summed E-state index contributed by atoms with van der Waals surface area (Å²) in [7, 11) is -2.37. The highest BCUT2D eigenvalue weighted by Crippen LogP contribution is 2.26. The van der Waals surface area contributed by atoms with E-state index in [0.29, 0.717) is 0 Å². The molecule has 1 aromatic carbocycles. The molecule has 0 unspecified atom stereocenters. The van der Waals surface area contributed by atoms with E-state index in [1.54, 1.807) is 0 Å². The van der Waals surface area contributed by atoms with Crippen molar-refractivity contribution in [2.45, 2.75) is 4.90 Å². The van der Waals surface area contributed by atoms with Gasteiger partial charge in [-0.3, -0.25) is 10.1 Å². The van der Waals surface area contributed by atoms with Crippen molar-refractivity contribution < 1.29 is 18.1 Å². The standard InChI is InChI=1S/C9H11ClN2O5S/c1-17-5-4-11-18(15,16)7-2-3-8(10)9(6-7)12(13)14/h2-3,6,11H,4-5H2,1H3. The zero-order chi connectivity index (χ0) is 13.8. The molecule has 0 aromatic heterocycles. The molecule has 0 aliphatic rings. The minimum atomic E-state index is -3.80. The lowest BCUT2D eigenvalue weighted by Crippen LogP contribution is -2.27. The Bertz CT molecular complexity index is 546. The fourth-order valence-corrected chi connectivity index (χ4v) is 2.38. The smallest absolute Gasteiger partial charge is 0.289 e. The third-order valence-electron chi connectivity index (χ3n) is 2.02. The van der Waals surface area contributed by atoms with Gasteiger partial charge in [-0.15, -0.1) is 0 Å². The van der Waals surface area contributed by atoms with Gasteiger partial charge in [-0.1, -0.05) is 11.6 Å². The second-order valence-electron chi connectivity index (χ2n) is 3.26. The van der Waals surface area contributed by atoms with E-state index in [1.165, 1.54) is 19.2 Å². The van der Waals surface area contributed by atoms with Crippen molar-refractivity contribution in [2.24, 2.45) is 0 Å². The van der Waals surface area contributed by atoms with Crippen LogP contribution in [0.5, 0.6) is 0 Å². The summed E-state index contributed by atoms with van der Waals surface area (Å²) in [5, 5.41) is 10.5. The van der Waals surface area contributed by atoms with Gasteiger partial charge in [0.25, 0.3) is 5.69 Å². The number of nitro benzene ring substituents is 1. The van der Waals surface area contributed by atoms with Crippen LogP contribution in [0, 0.1) is 10.1 Å². The molecule has 0 aliphatic carbocycles. The number of sulfonamides is 1. The predicted octanol–water partition coefficient (Wildman–Crippen LogP) is 1.17. The van der Waals surface area contributed by atoms with Crippen LogP contribution in [0.15, 0.2) is 23.1 Å². The summed E-state index contributed by atoms with van der Waals surface area (Å²) in [6.07, 6.45) is 0. The predicted molar refractivity (Wildman–Crippen MR) is 65.2 cm³/mol. The number of nitrogens with one attached hydrogen (secondary N) is 1. The van der Waals surface area contributed by atoms with Crippen molar-refractivity contribution >= 4 is 27.3 Å². The van der Waals surface area contributed by atoms with Gasteiger partial charge in [0.2, 0.25) is 10.0 Å². The van der Waals surface area contributed by atoms with Crippen LogP contribution in [0.4, 0.5) is 5.69 Å². The second kappa shape index (κ2) is 6.10. The van der Waals surface area contributed by atoms with E-state index in [2.05, 4.69) is 4.72 Å². The quantitative estimate of drug-likeness (QED) is 0.482. The molecule has 1 N–H and O–H groups in total. The highest BCUT2D eigenvalue weighted by Gasteiger charge is 2.20. The van der Waals surface area contributed by atoms with E-state index < -0.39 is 20.6 Å². The highest BCUT2D eigenvalue weighted by molar-refractivity contribution is 7.89. The summed E-state index contributed by atoms with van der Waals surface area (Å²) in [4.78, 5) is 9.69. The summed E-state index contributed by atoms with van der Waals surface area (Å²) < 4.78 is 30.5. The van der Waals surface area contributed by atoms with Gasteiger partial charge < -0.3 is 4.74 Å². The summed E-state index contributed by atoms with van der Waals surface area (Å²) in [5.74, 6) is 0. The molecule has 0 amide bonds. The summed E-state index contributed by atoms with van der Waals surface area (Å²) >= 11 is 5.59. The molecule has 0 atom stereocenters. The molecule has 9 heteroatoms. The minimum absolute atomic E-state index is 0.0786. The van der Waals surface area contributed by atoms with Gasteiger partial charge >= 0.3 is 0 Å². The van der Waals surface area contributed by atoms with Crippen LogP contribution in [0.1, 0.15) is 0 Å². The highest BCUT2D eigenvalue weighted by atomic mass is 35.5. The number of nitrogens with zero attached hydrogens (tertiary/aromatic N) is 1. The molecule has 0 aliphatic heterocycles. The molecule has 100 valence electrons. The van der Waals surface area contributed by atoms with Crippen LogP contribution in [0.2, 0.25) is 5.02 Å². The first-order chi connectivity index (χ1) is 8.38. The number of hydrogen-bond donors (Lipinski definition) is 1. The van der Waals surface area contributed by atoms with Gasteiger partial charge in [-0.05, 0) is 12.1 Å². The number of ether oxygens (including phenoxy) is 1. The number of halogens is 1. The topological polar surface area (TPSA) is 98.5 Å². The summed E-state index contributed by atoms with van der Waals surface area (Å²) in [5.41, 5.74) is -0.453. The van der Waals surface area contributed by atoms with Gasteiger partial charge in [0.15, 0.2) is 0 Å². The Labute approximate surface area is 109 Å². The average molecular weight is 295 g/mol. The van der Waals surface area contributed by atoms with E-state index in [4.69, 9.17) is 16.3 Å². The molecule has 0 bridgehead atoms. The molecule has 1 aromatic rings. The third kappa shape index (κ3) is 3.64. The van der Waals surface area contributed by atoms with Gasteiger partial charge in [0.05, 0.1) is 16.4 Å². The van der Waals surface area contributed by atoms with Crippen LogP contribution in [-0.2, 0) is 14.8 Å². The zero-order valence-electron chi connectivity index (χ0n) is 9.42. The van der Waals surface area contributed by atoms with Crippen molar-refractivity contribution in [3.05, 3.63) is 33.3 Å². The average Bonchev–Trinajstić information content (AvgIpc) is 2.29. The van der Waals surface area contributed by atoms with Crippen molar-refractivity contribution in [3.63, 3.8) is 0 Å². The van der Waals surface area contributed by atoms with E-state index >= 15 is 0 Å². The van der Waals surface area contributed by atoms with Gasteiger partial charge in [0, 0.05) is 19.7 Å². The SMILES string of the molecule is COCCNS(=O)(=O)c1ccc(Cl)c([N+](=O)[O-])c1. The van der Waals surface area contributed by atoms with E-state index in [9.17, 15) is 18.5 Å². The number of benzene rings is 1. The third-order valence-corrected chi connectivity index (χ3v) is 3.80. The Balaban J connectivity index is 3.02. The van der Waals surface area contributed by atoms with Crippen molar-refractivity contribution in [2.75, 3.05) is 20.3 Å². The van der Waals surface area contributed by atoms with Crippen LogP contribution in [0.3, 0.4) is 0 Å². The number of methoxy groups -OCH3 is 1. The van der Waals surface area contributed by atoms with Crippen LogP contribution < -0.4 is 4.72 Å². The lowest BCUT2D eigenvalue weighted by molar-refractivity contribution is -0.384. The Morgan fingerprint density at radius 2 is 2.17 bits per heavy atom. The molecule has 1 rings (SSSR count). The lowest BCUT2D eigenvalue weighted by Gasteiger charge is -2.06. The van der Waals surface area contributed by atoms with E-state index in [-0.39, 0.29) is 23.1 Å². The monoisotopic (exact) mass is 294 g/mol. The summed E-state index contributed by atoms with van der Waals surface area (Å²) in [6.45, 7) is 0.282. The maximum atomic E-state index is 11.8. The number of rotatable bonds is 6. The zero-order valence-corrected chi connectivity index (χ0v) is 11.0. The summed E-state index contributed by atoms with van der Waals surface area (Å²) in [6, 6.07) is 3.28. The molecule has 0 fully saturated rings. The van der Waals surface area contributed by atoms with Crippen LogP contribution >= 0.6 is 11.6 Å². The lowest BCUT2D eigenvalue weighted by atomic mass is 10.3. The van der Waals surface area contributed by atoms with Gasteiger partial charge in [-0.25, -0.2) is 13.1 Å².